The van der Waals surface area contributed by atoms with Gasteiger partial charge in [0.25, 0.3) is 0 Å². The molecule has 5 heteroatoms. The highest BCUT2D eigenvalue weighted by Crippen LogP contribution is 2.49. The Kier molecular flexibility index (Phi) is 2.42. The van der Waals surface area contributed by atoms with Gasteiger partial charge in [0.05, 0.1) is 11.0 Å². The van der Waals surface area contributed by atoms with Crippen LogP contribution in [0.15, 0.2) is 22.7 Å². The number of nitrogens with zero attached hydrogens (tertiary/aromatic N) is 3. The van der Waals surface area contributed by atoms with Crippen LogP contribution < -0.4 is 0 Å². The second-order valence-electron chi connectivity index (χ2n) is 4.65. The highest BCUT2D eigenvalue weighted by molar-refractivity contribution is 8.00. The van der Waals surface area contributed by atoms with Crippen LogP contribution in [0.3, 0.4) is 0 Å². The van der Waals surface area contributed by atoms with E-state index in [9.17, 15) is 0 Å². The Morgan fingerprint density at radius 2 is 2.44 bits per heavy atom. The smallest absolute Gasteiger partial charge is 0.168 e. The SMILES string of the molecule is Cn1ccnc1SC1C(=NO)C2CCC1C2. The van der Waals surface area contributed by atoms with E-state index in [4.69, 9.17) is 5.21 Å². The van der Waals surface area contributed by atoms with E-state index in [1.807, 2.05) is 24.0 Å². The van der Waals surface area contributed by atoms with Crippen molar-refractivity contribution >= 4 is 17.5 Å². The van der Waals surface area contributed by atoms with E-state index in [0.29, 0.717) is 17.1 Å². The van der Waals surface area contributed by atoms with Gasteiger partial charge in [-0.15, -0.1) is 0 Å². The molecule has 0 radical (unpaired) electrons. The molecule has 4 nitrogen and oxygen atoms in total. The number of rotatable bonds is 2. The molecule has 1 aromatic rings. The zero-order valence-electron chi connectivity index (χ0n) is 9.21. The predicted molar refractivity (Wildman–Crippen MR) is 62.9 cm³/mol. The largest absolute Gasteiger partial charge is 0.411 e. The van der Waals surface area contributed by atoms with Crippen molar-refractivity contribution in [2.45, 2.75) is 29.7 Å². The Hall–Kier alpha value is -0.970. The molecule has 3 rings (SSSR count). The first-order chi connectivity index (χ1) is 7.79. The van der Waals surface area contributed by atoms with E-state index in [0.717, 1.165) is 10.9 Å². The zero-order valence-corrected chi connectivity index (χ0v) is 10.0. The first-order valence-electron chi connectivity index (χ1n) is 5.65. The Labute approximate surface area is 98.7 Å². The van der Waals surface area contributed by atoms with Crippen LogP contribution in [0.4, 0.5) is 0 Å². The van der Waals surface area contributed by atoms with Gasteiger partial charge in [-0.1, -0.05) is 16.9 Å². The quantitative estimate of drug-likeness (QED) is 0.633. The summed E-state index contributed by atoms with van der Waals surface area (Å²) in [6.45, 7) is 0. The molecule has 86 valence electrons. The molecule has 2 bridgehead atoms. The molecule has 3 atom stereocenters. The Balaban J connectivity index is 1.83. The molecule has 0 spiro atoms. The average Bonchev–Trinajstić information content (AvgIpc) is 2.95. The second kappa shape index (κ2) is 3.80. The molecule has 2 aliphatic carbocycles. The molecular weight excluding hydrogens is 222 g/mol. The molecule has 16 heavy (non-hydrogen) atoms. The summed E-state index contributed by atoms with van der Waals surface area (Å²) in [5.74, 6) is 1.20. The fraction of sp³-hybridized carbons (Fsp3) is 0.636. The van der Waals surface area contributed by atoms with Crippen LogP contribution in [0.25, 0.3) is 0 Å². The van der Waals surface area contributed by atoms with Gasteiger partial charge in [-0.25, -0.2) is 4.98 Å². The number of oxime groups is 1. The molecule has 1 aromatic heterocycles. The third-order valence-corrected chi connectivity index (χ3v) is 5.22. The maximum absolute atomic E-state index is 9.10. The monoisotopic (exact) mass is 237 g/mol. The lowest BCUT2D eigenvalue weighted by molar-refractivity contribution is 0.314. The molecule has 3 unspecified atom stereocenters. The first-order valence-corrected chi connectivity index (χ1v) is 6.53. The fourth-order valence-electron chi connectivity index (χ4n) is 2.91. The molecule has 0 amide bonds. The average molecular weight is 237 g/mol. The van der Waals surface area contributed by atoms with Crippen LogP contribution in [-0.2, 0) is 7.05 Å². The van der Waals surface area contributed by atoms with Crippen molar-refractivity contribution in [3.05, 3.63) is 12.4 Å². The van der Waals surface area contributed by atoms with Crippen molar-refractivity contribution in [3.8, 4) is 0 Å². The van der Waals surface area contributed by atoms with Crippen LogP contribution in [0.1, 0.15) is 19.3 Å². The highest BCUT2D eigenvalue weighted by atomic mass is 32.2. The molecule has 0 saturated heterocycles. The number of hydrogen-bond donors (Lipinski definition) is 1. The maximum Gasteiger partial charge on any atom is 0.168 e. The van der Waals surface area contributed by atoms with Crippen molar-refractivity contribution in [3.63, 3.8) is 0 Å². The molecule has 0 aromatic carbocycles. The molecule has 1 N–H and O–H groups in total. The van der Waals surface area contributed by atoms with E-state index >= 15 is 0 Å². The van der Waals surface area contributed by atoms with Crippen molar-refractivity contribution in [1.82, 2.24) is 9.55 Å². The van der Waals surface area contributed by atoms with Gasteiger partial charge in [0.1, 0.15) is 0 Å². The summed E-state index contributed by atoms with van der Waals surface area (Å²) < 4.78 is 2.02. The first kappa shape index (κ1) is 10.2. The second-order valence-corrected chi connectivity index (χ2v) is 5.76. The third-order valence-electron chi connectivity index (χ3n) is 3.74. The minimum atomic E-state index is 0.338. The van der Waals surface area contributed by atoms with Crippen LogP contribution in [0.5, 0.6) is 0 Å². The molecular formula is C11H15N3OS. The lowest BCUT2D eigenvalue weighted by Crippen LogP contribution is -2.25. The minimum Gasteiger partial charge on any atom is -0.411 e. The van der Waals surface area contributed by atoms with Crippen molar-refractivity contribution < 1.29 is 5.21 Å². The van der Waals surface area contributed by atoms with E-state index < -0.39 is 0 Å². The Morgan fingerprint density at radius 1 is 1.56 bits per heavy atom. The number of hydrogen-bond acceptors (Lipinski definition) is 4. The lowest BCUT2D eigenvalue weighted by Gasteiger charge is -2.21. The minimum absolute atomic E-state index is 0.338. The molecule has 2 saturated carbocycles. The summed E-state index contributed by atoms with van der Waals surface area (Å²) in [6, 6.07) is 0. The van der Waals surface area contributed by atoms with E-state index in [1.165, 1.54) is 19.3 Å². The van der Waals surface area contributed by atoms with Gasteiger partial charge in [-0.05, 0) is 25.2 Å². The number of thioether (sulfide) groups is 1. The lowest BCUT2D eigenvalue weighted by atomic mass is 9.98. The summed E-state index contributed by atoms with van der Waals surface area (Å²) in [7, 11) is 2.00. The van der Waals surface area contributed by atoms with Gasteiger partial charge in [-0.3, -0.25) is 0 Å². The van der Waals surface area contributed by atoms with Gasteiger partial charge < -0.3 is 9.77 Å². The molecule has 0 aliphatic heterocycles. The summed E-state index contributed by atoms with van der Waals surface area (Å²) in [5.41, 5.74) is 0.990. The topological polar surface area (TPSA) is 50.4 Å². The number of fused-ring (bicyclic) bond motifs is 2. The summed E-state index contributed by atoms with van der Waals surface area (Å²) in [4.78, 5) is 4.32. The summed E-state index contributed by atoms with van der Waals surface area (Å²) in [6.07, 6.45) is 7.42. The van der Waals surface area contributed by atoms with Crippen molar-refractivity contribution in [2.24, 2.45) is 24.0 Å². The standard InChI is InChI=1S/C11H15N3OS/c1-14-5-4-12-11(14)16-10-8-3-2-7(6-8)9(10)13-15/h4-5,7-8,10,15H,2-3,6H2,1H3. The third kappa shape index (κ3) is 1.45. The van der Waals surface area contributed by atoms with Crippen LogP contribution >= 0.6 is 11.8 Å². The van der Waals surface area contributed by atoms with E-state index in [1.54, 1.807) is 11.8 Å². The van der Waals surface area contributed by atoms with Crippen LogP contribution in [-0.4, -0.2) is 25.7 Å². The van der Waals surface area contributed by atoms with Crippen molar-refractivity contribution in [2.75, 3.05) is 0 Å². The van der Waals surface area contributed by atoms with Crippen LogP contribution in [0.2, 0.25) is 0 Å². The molecule has 1 heterocycles. The maximum atomic E-state index is 9.10. The Morgan fingerprint density at radius 3 is 3.12 bits per heavy atom. The highest BCUT2D eigenvalue weighted by Gasteiger charge is 2.46. The van der Waals surface area contributed by atoms with Crippen molar-refractivity contribution in [1.29, 1.82) is 0 Å². The predicted octanol–water partition coefficient (Wildman–Crippen LogP) is 2.14. The van der Waals surface area contributed by atoms with Gasteiger partial charge >= 0.3 is 0 Å². The van der Waals surface area contributed by atoms with Gasteiger partial charge in [-0.2, -0.15) is 0 Å². The fourth-order valence-corrected chi connectivity index (χ4v) is 4.28. The van der Waals surface area contributed by atoms with Gasteiger partial charge in [0.2, 0.25) is 0 Å². The Bertz CT molecular complexity index is 429. The summed E-state index contributed by atoms with van der Waals surface area (Å²) >= 11 is 1.74. The van der Waals surface area contributed by atoms with Crippen LogP contribution in [0, 0.1) is 11.8 Å². The normalized spacial score (nSPS) is 35.1. The number of aryl methyl sites for hydroxylation is 1. The zero-order chi connectivity index (χ0) is 11.1. The molecule has 2 aliphatic rings. The number of aromatic nitrogens is 2. The van der Waals surface area contributed by atoms with Gasteiger partial charge in [0, 0.05) is 25.4 Å². The van der Waals surface area contributed by atoms with Gasteiger partial charge in [0.15, 0.2) is 5.16 Å². The number of imidazole rings is 1. The summed E-state index contributed by atoms with van der Waals surface area (Å²) in [5, 5.41) is 14.0. The van der Waals surface area contributed by atoms with E-state index in [2.05, 4.69) is 10.1 Å². The molecule has 2 fully saturated rings. The van der Waals surface area contributed by atoms with E-state index in [-0.39, 0.29) is 0 Å².